The van der Waals surface area contributed by atoms with E-state index in [1.807, 2.05) is 6.07 Å². The minimum absolute atomic E-state index is 0.0475. The van der Waals surface area contributed by atoms with Gasteiger partial charge in [0.25, 0.3) is 0 Å². The Hall–Kier alpha value is -0.610. The number of rotatable bonds is 0. The van der Waals surface area contributed by atoms with Crippen LogP contribution in [0, 0.1) is 0 Å². The second-order valence-corrected chi connectivity index (χ2v) is 4.32. The van der Waals surface area contributed by atoms with E-state index in [0.717, 1.165) is 4.47 Å². The van der Waals surface area contributed by atoms with Crippen LogP contribution in [0.3, 0.4) is 0 Å². The van der Waals surface area contributed by atoms with Gasteiger partial charge in [0.15, 0.2) is 0 Å². The highest BCUT2D eigenvalue weighted by Gasteiger charge is 2.03. The predicted molar refractivity (Wildman–Crippen MR) is 57.9 cm³/mol. The summed E-state index contributed by atoms with van der Waals surface area (Å²) < 4.78 is 6.57. The van der Waals surface area contributed by atoms with Gasteiger partial charge in [0.05, 0.1) is 5.39 Å². The molecular formula is C9H4Br2O2. The van der Waals surface area contributed by atoms with Gasteiger partial charge in [-0.3, -0.25) is 4.79 Å². The minimum Gasteiger partial charge on any atom is -0.463 e. The molecule has 0 saturated carbocycles. The lowest BCUT2D eigenvalue weighted by molar-refractivity contribution is 0.598. The van der Waals surface area contributed by atoms with Crippen molar-refractivity contribution in [2.75, 3.05) is 0 Å². The van der Waals surface area contributed by atoms with Crippen LogP contribution in [0.1, 0.15) is 0 Å². The zero-order chi connectivity index (χ0) is 9.42. The van der Waals surface area contributed by atoms with Crippen LogP contribution >= 0.6 is 31.9 Å². The second-order valence-electron chi connectivity index (χ2n) is 2.55. The maximum absolute atomic E-state index is 11.5. The predicted octanol–water partition coefficient (Wildman–Crippen LogP) is 3.32. The topological polar surface area (TPSA) is 30.2 Å². The van der Waals surface area contributed by atoms with E-state index in [9.17, 15) is 4.79 Å². The van der Waals surface area contributed by atoms with E-state index < -0.39 is 0 Å². The highest BCUT2D eigenvalue weighted by atomic mass is 79.9. The van der Waals surface area contributed by atoms with Crippen LogP contribution in [0.4, 0.5) is 0 Å². The molecule has 1 aromatic carbocycles. The fourth-order valence-corrected chi connectivity index (χ4v) is 1.73. The van der Waals surface area contributed by atoms with Gasteiger partial charge in [-0.05, 0) is 34.1 Å². The summed E-state index contributed by atoms with van der Waals surface area (Å²) in [5.74, 6) is 0. The van der Waals surface area contributed by atoms with Crippen molar-refractivity contribution < 1.29 is 4.42 Å². The standard InChI is InChI=1S/C9H4Br2O2/c10-5-1-2-6-8(3-5)13-4-7(11)9(6)12/h1-4H. The monoisotopic (exact) mass is 302 g/mol. The Balaban J connectivity index is 2.95. The average Bonchev–Trinajstić information content (AvgIpc) is 2.12. The highest BCUT2D eigenvalue weighted by molar-refractivity contribution is 9.10. The van der Waals surface area contributed by atoms with E-state index >= 15 is 0 Å². The summed E-state index contributed by atoms with van der Waals surface area (Å²) in [7, 11) is 0. The fourth-order valence-electron chi connectivity index (χ4n) is 1.08. The molecule has 0 atom stereocenters. The molecule has 0 fully saturated rings. The molecule has 0 saturated heterocycles. The summed E-state index contributed by atoms with van der Waals surface area (Å²) in [5, 5.41) is 0.581. The quantitative estimate of drug-likeness (QED) is 0.747. The smallest absolute Gasteiger partial charge is 0.206 e. The fraction of sp³-hybridized carbons (Fsp3) is 0. The molecule has 2 nitrogen and oxygen atoms in total. The van der Waals surface area contributed by atoms with Gasteiger partial charge < -0.3 is 4.42 Å². The highest BCUT2D eigenvalue weighted by Crippen LogP contribution is 2.18. The summed E-state index contributed by atoms with van der Waals surface area (Å²) in [6, 6.07) is 5.31. The maximum Gasteiger partial charge on any atom is 0.206 e. The Kier molecular flexibility index (Phi) is 2.26. The lowest BCUT2D eigenvalue weighted by Gasteiger charge is -1.96. The molecule has 0 unspecified atom stereocenters. The molecule has 13 heavy (non-hydrogen) atoms. The first-order valence-electron chi connectivity index (χ1n) is 3.55. The Morgan fingerprint density at radius 3 is 2.77 bits per heavy atom. The Labute approximate surface area is 90.8 Å². The van der Waals surface area contributed by atoms with Crippen LogP contribution in [0.25, 0.3) is 11.0 Å². The van der Waals surface area contributed by atoms with Crippen LogP contribution in [0.5, 0.6) is 0 Å². The van der Waals surface area contributed by atoms with Crippen LogP contribution in [0.2, 0.25) is 0 Å². The van der Waals surface area contributed by atoms with Gasteiger partial charge in [0.2, 0.25) is 5.43 Å². The molecule has 4 heteroatoms. The molecule has 0 aliphatic heterocycles. The number of halogens is 2. The van der Waals surface area contributed by atoms with E-state index in [4.69, 9.17) is 4.42 Å². The molecule has 0 amide bonds. The van der Waals surface area contributed by atoms with Gasteiger partial charge in [-0.25, -0.2) is 0 Å². The molecule has 1 aromatic heterocycles. The van der Waals surface area contributed by atoms with Crippen molar-refractivity contribution in [1.82, 2.24) is 0 Å². The number of benzene rings is 1. The number of hydrogen-bond donors (Lipinski definition) is 0. The molecule has 2 rings (SSSR count). The number of hydrogen-bond acceptors (Lipinski definition) is 2. The van der Waals surface area contributed by atoms with E-state index in [0.29, 0.717) is 15.4 Å². The van der Waals surface area contributed by atoms with Crippen LogP contribution in [0.15, 0.2) is 42.6 Å². The Morgan fingerprint density at radius 2 is 2.00 bits per heavy atom. The van der Waals surface area contributed by atoms with Crippen LogP contribution < -0.4 is 5.43 Å². The molecular weight excluding hydrogens is 300 g/mol. The molecule has 0 bridgehead atoms. The van der Waals surface area contributed by atoms with Gasteiger partial charge >= 0.3 is 0 Å². The first kappa shape index (κ1) is 8.97. The molecule has 1 heterocycles. The molecule has 2 aromatic rings. The van der Waals surface area contributed by atoms with Gasteiger partial charge in [-0.15, -0.1) is 0 Å². The van der Waals surface area contributed by atoms with Crippen LogP contribution in [-0.4, -0.2) is 0 Å². The van der Waals surface area contributed by atoms with Gasteiger partial charge in [0, 0.05) is 4.47 Å². The third-order valence-electron chi connectivity index (χ3n) is 1.69. The molecule has 0 radical (unpaired) electrons. The molecule has 0 spiro atoms. The zero-order valence-electron chi connectivity index (χ0n) is 6.38. The summed E-state index contributed by atoms with van der Waals surface area (Å²) in [6.07, 6.45) is 1.40. The number of fused-ring (bicyclic) bond motifs is 1. The lowest BCUT2D eigenvalue weighted by Crippen LogP contribution is -2.00. The van der Waals surface area contributed by atoms with Gasteiger partial charge in [-0.1, -0.05) is 15.9 Å². The van der Waals surface area contributed by atoms with Crippen molar-refractivity contribution in [1.29, 1.82) is 0 Å². The normalized spacial score (nSPS) is 10.6. The third-order valence-corrected chi connectivity index (χ3v) is 2.73. The van der Waals surface area contributed by atoms with Crippen molar-refractivity contribution in [3.05, 3.63) is 43.6 Å². The van der Waals surface area contributed by atoms with Gasteiger partial charge in [0.1, 0.15) is 16.3 Å². The first-order valence-corrected chi connectivity index (χ1v) is 5.13. The van der Waals surface area contributed by atoms with Crippen molar-refractivity contribution in [3.8, 4) is 0 Å². The van der Waals surface area contributed by atoms with E-state index in [1.165, 1.54) is 6.26 Å². The van der Waals surface area contributed by atoms with Crippen molar-refractivity contribution in [3.63, 3.8) is 0 Å². The molecule has 0 aliphatic rings. The van der Waals surface area contributed by atoms with E-state index in [2.05, 4.69) is 31.9 Å². The third kappa shape index (κ3) is 1.56. The summed E-state index contributed by atoms with van der Waals surface area (Å²) in [5.41, 5.74) is 0.538. The summed E-state index contributed by atoms with van der Waals surface area (Å²) >= 11 is 6.42. The van der Waals surface area contributed by atoms with Crippen molar-refractivity contribution >= 4 is 42.8 Å². The SMILES string of the molecule is O=c1c(Br)coc2cc(Br)ccc12. The zero-order valence-corrected chi connectivity index (χ0v) is 9.55. The van der Waals surface area contributed by atoms with E-state index in [-0.39, 0.29) is 5.43 Å². The molecule has 0 N–H and O–H groups in total. The van der Waals surface area contributed by atoms with E-state index in [1.54, 1.807) is 12.1 Å². The first-order chi connectivity index (χ1) is 6.18. The van der Waals surface area contributed by atoms with Crippen LogP contribution in [-0.2, 0) is 0 Å². The molecule has 0 aliphatic carbocycles. The lowest BCUT2D eigenvalue weighted by atomic mass is 10.2. The van der Waals surface area contributed by atoms with Crippen molar-refractivity contribution in [2.24, 2.45) is 0 Å². The van der Waals surface area contributed by atoms with Gasteiger partial charge in [-0.2, -0.15) is 0 Å². The second kappa shape index (κ2) is 3.27. The van der Waals surface area contributed by atoms with Crippen molar-refractivity contribution in [2.45, 2.75) is 0 Å². The largest absolute Gasteiger partial charge is 0.463 e. The summed E-state index contributed by atoms with van der Waals surface area (Å²) in [4.78, 5) is 11.5. The molecule has 66 valence electrons. The Bertz CT molecular complexity index is 516. The summed E-state index contributed by atoms with van der Waals surface area (Å²) in [6.45, 7) is 0. The maximum atomic E-state index is 11.5. The Morgan fingerprint density at radius 1 is 1.23 bits per heavy atom. The average molecular weight is 304 g/mol. The minimum atomic E-state index is -0.0475.